The minimum Gasteiger partial charge on any atom is -0.381 e. The van der Waals surface area contributed by atoms with Crippen molar-refractivity contribution >= 4 is 0 Å². The Labute approximate surface area is 125 Å². The summed E-state index contributed by atoms with van der Waals surface area (Å²) in [5.74, 6) is 1.70. The summed E-state index contributed by atoms with van der Waals surface area (Å²) in [4.78, 5) is 4.57. The molecule has 1 aliphatic heterocycles. The zero-order valence-corrected chi connectivity index (χ0v) is 12.8. The van der Waals surface area contributed by atoms with Gasteiger partial charge in [0.2, 0.25) is 0 Å². The summed E-state index contributed by atoms with van der Waals surface area (Å²) in [6.07, 6.45) is 8.17. The summed E-state index contributed by atoms with van der Waals surface area (Å²) in [6, 6.07) is 4.53. The number of imidazole rings is 1. The minimum absolute atomic E-state index is 0.281. The highest BCUT2D eigenvalue weighted by atomic mass is 16.5. The maximum Gasteiger partial charge on any atom is 0.125 e. The van der Waals surface area contributed by atoms with Crippen molar-refractivity contribution in [2.24, 2.45) is 20.0 Å². The molecule has 0 bridgehead atoms. The van der Waals surface area contributed by atoms with E-state index < -0.39 is 0 Å². The summed E-state index contributed by atoms with van der Waals surface area (Å²) in [5, 5.41) is 3.72. The van der Waals surface area contributed by atoms with Gasteiger partial charge in [-0.25, -0.2) is 4.98 Å². The van der Waals surface area contributed by atoms with Crippen LogP contribution in [0.4, 0.5) is 0 Å². The molecular weight excluding hydrogens is 264 g/mol. The van der Waals surface area contributed by atoms with E-state index in [9.17, 15) is 0 Å². The number of nitrogens with one attached hydrogen (secondary N) is 1. The van der Waals surface area contributed by atoms with Crippen LogP contribution in [0.15, 0.2) is 30.7 Å². The van der Waals surface area contributed by atoms with E-state index >= 15 is 0 Å². The average Bonchev–Trinajstić information content (AvgIpc) is 3.10. The molecule has 3 rings (SSSR count). The molecule has 21 heavy (non-hydrogen) atoms. The first-order chi connectivity index (χ1) is 10.3. The van der Waals surface area contributed by atoms with Crippen LogP contribution in [0.3, 0.4) is 0 Å². The van der Waals surface area contributed by atoms with Crippen LogP contribution in [-0.4, -0.2) is 27.3 Å². The molecule has 0 spiro atoms. The minimum atomic E-state index is 0.281. The van der Waals surface area contributed by atoms with Gasteiger partial charge in [-0.05, 0) is 30.9 Å². The Morgan fingerprint density at radius 3 is 2.71 bits per heavy atom. The quantitative estimate of drug-likeness (QED) is 0.915. The van der Waals surface area contributed by atoms with E-state index in [1.807, 2.05) is 12.4 Å². The van der Waals surface area contributed by atoms with Crippen molar-refractivity contribution < 1.29 is 4.74 Å². The number of hydrogen-bond acceptors (Lipinski definition) is 3. The van der Waals surface area contributed by atoms with Crippen LogP contribution in [-0.2, 0) is 25.4 Å². The van der Waals surface area contributed by atoms with E-state index in [1.54, 1.807) is 0 Å². The zero-order valence-electron chi connectivity index (χ0n) is 12.8. The van der Waals surface area contributed by atoms with Crippen molar-refractivity contribution in [3.63, 3.8) is 0 Å². The first-order valence-corrected chi connectivity index (χ1v) is 7.64. The lowest BCUT2D eigenvalue weighted by Gasteiger charge is -2.30. The number of nitrogens with zero attached hydrogens (tertiary/aromatic N) is 3. The topological polar surface area (TPSA) is 44.0 Å². The van der Waals surface area contributed by atoms with Crippen molar-refractivity contribution in [1.82, 2.24) is 19.4 Å². The molecule has 0 aliphatic carbocycles. The normalized spacial score (nSPS) is 18.0. The molecule has 1 saturated heterocycles. The maximum atomic E-state index is 5.51. The number of ether oxygens (including phenoxy) is 1. The highest BCUT2D eigenvalue weighted by molar-refractivity contribution is 5.08. The van der Waals surface area contributed by atoms with Crippen LogP contribution in [0.5, 0.6) is 0 Å². The van der Waals surface area contributed by atoms with E-state index in [4.69, 9.17) is 4.74 Å². The lowest BCUT2D eigenvalue weighted by Crippen LogP contribution is -2.34. The summed E-state index contributed by atoms with van der Waals surface area (Å²) in [7, 11) is 4.15. The van der Waals surface area contributed by atoms with Crippen molar-refractivity contribution in [2.45, 2.75) is 25.4 Å². The Morgan fingerprint density at radius 1 is 1.29 bits per heavy atom. The number of aromatic nitrogens is 3. The van der Waals surface area contributed by atoms with Crippen LogP contribution < -0.4 is 5.32 Å². The molecule has 2 aromatic rings. The van der Waals surface area contributed by atoms with Crippen molar-refractivity contribution in [3.05, 3.63) is 42.2 Å². The smallest absolute Gasteiger partial charge is 0.125 e. The second kappa shape index (κ2) is 6.45. The van der Waals surface area contributed by atoms with Gasteiger partial charge >= 0.3 is 0 Å². The molecule has 1 N–H and O–H groups in total. The molecule has 5 heteroatoms. The van der Waals surface area contributed by atoms with Crippen LogP contribution in [0, 0.1) is 5.92 Å². The Balaban J connectivity index is 1.75. The van der Waals surface area contributed by atoms with E-state index in [0.29, 0.717) is 5.92 Å². The van der Waals surface area contributed by atoms with Gasteiger partial charge in [0.25, 0.3) is 0 Å². The van der Waals surface area contributed by atoms with Crippen LogP contribution >= 0.6 is 0 Å². The van der Waals surface area contributed by atoms with Crippen LogP contribution in [0.1, 0.15) is 30.4 Å². The fraction of sp³-hybridized carbons (Fsp3) is 0.562. The Hall–Kier alpha value is -1.59. The van der Waals surface area contributed by atoms with Gasteiger partial charge in [-0.1, -0.05) is 0 Å². The second-order valence-electron chi connectivity index (χ2n) is 5.82. The predicted octanol–water partition coefficient (Wildman–Crippen LogP) is 2.02. The van der Waals surface area contributed by atoms with Crippen molar-refractivity contribution in [2.75, 3.05) is 13.2 Å². The van der Waals surface area contributed by atoms with Gasteiger partial charge in [0.1, 0.15) is 5.82 Å². The SMILES string of the molecule is Cn1cccc1CN[C@H](c1nccn1C)C1CCOCC1. The number of hydrogen-bond donors (Lipinski definition) is 1. The van der Waals surface area contributed by atoms with E-state index in [2.05, 4.69) is 51.9 Å². The third-order valence-corrected chi connectivity index (χ3v) is 4.43. The van der Waals surface area contributed by atoms with Gasteiger partial charge in [0, 0.05) is 58.1 Å². The Bertz CT molecular complexity index is 568. The number of aryl methyl sites for hydroxylation is 2. The largest absolute Gasteiger partial charge is 0.381 e. The molecule has 5 nitrogen and oxygen atoms in total. The standard InChI is InChI=1S/C16H24N4O/c1-19-8-3-4-14(19)12-18-15(13-5-10-21-11-6-13)16-17-7-9-20(16)2/h3-4,7-9,13,15,18H,5-6,10-12H2,1-2H3/t15-/m0/s1. The van der Waals surface area contributed by atoms with Gasteiger partial charge < -0.3 is 19.2 Å². The van der Waals surface area contributed by atoms with Crippen molar-refractivity contribution in [1.29, 1.82) is 0 Å². The molecule has 1 aliphatic rings. The fourth-order valence-electron chi connectivity index (χ4n) is 3.09. The molecule has 114 valence electrons. The molecular formula is C16H24N4O. The summed E-state index contributed by atoms with van der Waals surface area (Å²) >= 11 is 0. The first kappa shape index (κ1) is 14.4. The van der Waals surface area contributed by atoms with Crippen LogP contribution in [0.25, 0.3) is 0 Å². The zero-order chi connectivity index (χ0) is 14.7. The first-order valence-electron chi connectivity index (χ1n) is 7.64. The molecule has 1 fully saturated rings. The third kappa shape index (κ3) is 3.19. The van der Waals surface area contributed by atoms with E-state index in [-0.39, 0.29) is 6.04 Å². The Kier molecular flexibility index (Phi) is 4.41. The molecule has 0 saturated carbocycles. The lowest BCUT2D eigenvalue weighted by molar-refractivity contribution is 0.0517. The van der Waals surface area contributed by atoms with Gasteiger partial charge in [0.15, 0.2) is 0 Å². The molecule has 0 unspecified atom stereocenters. The highest BCUT2D eigenvalue weighted by Gasteiger charge is 2.27. The van der Waals surface area contributed by atoms with E-state index in [1.165, 1.54) is 5.69 Å². The van der Waals surface area contributed by atoms with Gasteiger partial charge in [-0.15, -0.1) is 0 Å². The monoisotopic (exact) mass is 288 g/mol. The second-order valence-corrected chi connectivity index (χ2v) is 5.82. The van der Waals surface area contributed by atoms with Gasteiger partial charge in [-0.3, -0.25) is 0 Å². The molecule has 1 atom stereocenters. The molecule has 0 amide bonds. The third-order valence-electron chi connectivity index (χ3n) is 4.43. The average molecular weight is 288 g/mol. The lowest BCUT2D eigenvalue weighted by atomic mass is 9.91. The maximum absolute atomic E-state index is 5.51. The summed E-state index contributed by atoms with van der Waals surface area (Å²) < 4.78 is 9.79. The summed E-state index contributed by atoms with van der Waals surface area (Å²) in [5.41, 5.74) is 1.29. The molecule has 0 radical (unpaired) electrons. The van der Waals surface area contributed by atoms with Gasteiger partial charge in [-0.2, -0.15) is 0 Å². The Morgan fingerprint density at radius 2 is 2.10 bits per heavy atom. The number of rotatable bonds is 5. The highest BCUT2D eigenvalue weighted by Crippen LogP contribution is 2.29. The molecule has 3 heterocycles. The molecule has 0 aromatic carbocycles. The fourth-order valence-corrected chi connectivity index (χ4v) is 3.09. The molecule has 2 aromatic heterocycles. The van der Waals surface area contributed by atoms with E-state index in [0.717, 1.165) is 38.4 Å². The van der Waals surface area contributed by atoms with Crippen molar-refractivity contribution in [3.8, 4) is 0 Å². The summed E-state index contributed by atoms with van der Waals surface area (Å²) in [6.45, 7) is 2.58. The van der Waals surface area contributed by atoms with Crippen LogP contribution in [0.2, 0.25) is 0 Å². The predicted molar refractivity (Wildman–Crippen MR) is 81.7 cm³/mol. The van der Waals surface area contributed by atoms with Gasteiger partial charge in [0.05, 0.1) is 6.04 Å².